The number of carbonyl (C=O) groups excluding carboxylic acids is 1. The standard InChI is InChI=1S/C25H28N4O/c1-2-3-7-19-10-12-23(13-11-19)28-24(30)21-9-6-8-20(16-21)22-17-26-25(27-18-22)29-14-4-5-15-29/h6,8-13,16-18H,2-5,7,14-15H2,1H3,(H,28,30). The number of carbonyl (C=O) groups is 1. The van der Waals surface area contributed by atoms with Crippen LogP contribution in [0.2, 0.25) is 0 Å². The molecule has 1 aromatic heterocycles. The van der Waals surface area contributed by atoms with Gasteiger partial charge in [-0.3, -0.25) is 4.79 Å². The van der Waals surface area contributed by atoms with Crippen LogP contribution in [0.3, 0.4) is 0 Å². The van der Waals surface area contributed by atoms with Crippen molar-refractivity contribution in [2.24, 2.45) is 0 Å². The van der Waals surface area contributed by atoms with Crippen molar-refractivity contribution in [2.75, 3.05) is 23.3 Å². The van der Waals surface area contributed by atoms with E-state index in [-0.39, 0.29) is 5.91 Å². The van der Waals surface area contributed by atoms with Crippen LogP contribution in [0.4, 0.5) is 11.6 Å². The van der Waals surface area contributed by atoms with Gasteiger partial charge < -0.3 is 10.2 Å². The summed E-state index contributed by atoms with van der Waals surface area (Å²) in [7, 11) is 0. The molecule has 1 saturated heterocycles. The first-order valence-electron chi connectivity index (χ1n) is 10.8. The number of unbranched alkanes of at least 4 members (excludes halogenated alkanes) is 1. The molecule has 1 aliphatic heterocycles. The van der Waals surface area contributed by atoms with Gasteiger partial charge in [-0.15, -0.1) is 0 Å². The lowest BCUT2D eigenvalue weighted by atomic mass is 10.1. The molecule has 5 heteroatoms. The van der Waals surface area contributed by atoms with Gasteiger partial charge in [-0.25, -0.2) is 9.97 Å². The third-order valence-corrected chi connectivity index (χ3v) is 5.52. The normalized spacial score (nSPS) is 13.4. The highest BCUT2D eigenvalue weighted by Gasteiger charge is 2.15. The van der Waals surface area contributed by atoms with Crippen LogP contribution in [0.25, 0.3) is 11.1 Å². The maximum Gasteiger partial charge on any atom is 0.255 e. The summed E-state index contributed by atoms with van der Waals surface area (Å²) in [6, 6.07) is 15.7. The van der Waals surface area contributed by atoms with E-state index in [2.05, 4.69) is 39.2 Å². The van der Waals surface area contributed by atoms with Gasteiger partial charge in [0.25, 0.3) is 5.91 Å². The van der Waals surface area contributed by atoms with Crippen molar-refractivity contribution >= 4 is 17.5 Å². The van der Waals surface area contributed by atoms with E-state index in [9.17, 15) is 4.79 Å². The van der Waals surface area contributed by atoms with Crippen LogP contribution in [0.1, 0.15) is 48.5 Å². The van der Waals surface area contributed by atoms with Crippen LogP contribution in [-0.2, 0) is 6.42 Å². The molecular formula is C25H28N4O. The Hall–Kier alpha value is -3.21. The first-order chi connectivity index (χ1) is 14.7. The number of hydrogen-bond donors (Lipinski definition) is 1. The summed E-state index contributed by atoms with van der Waals surface area (Å²) in [5, 5.41) is 2.99. The van der Waals surface area contributed by atoms with Crippen molar-refractivity contribution < 1.29 is 4.79 Å². The van der Waals surface area contributed by atoms with E-state index in [1.54, 1.807) is 0 Å². The van der Waals surface area contributed by atoms with Crippen molar-refractivity contribution in [1.29, 1.82) is 0 Å². The van der Waals surface area contributed by atoms with Gasteiger partial charge in [0.05, 0.1) is 0 Å². The van der Waals surface area contributed by atoms with Crippen LogP contribution < -0.4 is 10.2 Å². The van der Waals surface area contributed by atoms with E-state index in [1.807, 2.05) is 48.8 Å². The molecule has 3 aromatic rings. The molecule has 30 heavy (non-hydrogen) atoms. The highest BCUT2D eigenvalue weighted by atomic mass is 16.1. The molecule has 2 heterocycles. The molecular weight excluding hydrogens is 372 g/mol. The van der Waals surface area contributed by atoms with E-state index < -0.39 is 0 Å². The van der Waals surface area contributed by atoms with E-state index in [1.165, 1.54) is 31.2 Å². The van der Waals surface area contributed by atoms with Crippen molar-refractivity contribution in [1.82, 2.24) is 9.97 Å². The number of rotatable bonds is 7. The molecule has 1 amide bonds. The number of anilines is 2. The Balaban J connectivity index is 1.44. The molecule has 1 fully saturated rings. The number of aryl methyl sites for hydroxylation is 1. The first kappa shape index (κ1) is 20.1. The van der Waals surface area contributed by atoms with Gasteiger partial charge in [-0.1, -0.05) is 37.6 Å². The SMILES string of the molecule is CCCCc1ccc(NC(=O)c2cccc(-c3cnc(N4CCCC4)nc3)c2)cc1. The average molecular weight is 401 g/mol. The molecule has 0 bridgehead atoms. The Labute approximate surface area is 178 Å². The molecule has 154 valence electrons. The maximum atomic E-state index is 12.7. The smallest absolute Gasteiger partial charge is 0.255 e. The predicted octanol–water partition coefficient (Wildman–Crippen LogP) is 5.34. The van der Waals surface area contributed by atoms with Crippen molar-refractivity contribution in [3.05, 3.63) is 72.1 Å². The third-order valence-electron chi connectivity index (χ3n) is 5.52. The quantitative estimate of drug-likeness (QED) is 0.582. The minimum Gasteiger partial charge on any atom is -0.341 e. The lowest BCUT2D eigenvalue weighted by Crippen LogP contribution is -2.20. The third kappa shape index (κ3) is 4.85. The van der Waals surface area contributed by atoms with E-state index in [0.717, 1.165) is 42.3 Å². The fourth-order valence-electron chi connectivity index (χ4n) is 3.73. The fourth-order valence-corrected chi connectivity index (χ4v) is 3.73. The molecule has 0 unspecified atom stereocenters. The molecule has 0 atom stereocenters. The Morgan fingerprint density at radius 3 is 2.43 bits per heavy atom. The summed E-state index contributed by atoms with van der Waals surface area (Å²) < 4.78 is 0. The Kier molecular flexibility index (Phi) is 6.38. The van der Waals surface area contributed by atoms with E-state index in [0.29, 0.717) is 5.56 Å². The van der Waals surface area contributed by atoms with Crippen molar-refractivity contribution in [2.45, 2.75) is 39.0 Å². The average Bonchev–Trinajstić information content (AvgIpc) is 3.34. The highest BCUT2D eigenvalue weighted by Crippen LogP contribution is 2.22. The molecule has 2 aromatic carbocycles. The lowest BCUT2D eigenvalue weighted by molar-refractivity contribution is 0.102. The molecule has 1 aliphatic rings. The number of aromatic nitrogens is 2. The zero-order valence-electron chi connectivity index (χ0n) is 17.5. The summed E-state index contributed by atoms with van der Waals surface area (Å²) in [6.07, 6.45) is 9.51. The first-order valence-corrected chi connectivity index (χ1v) is 10.8. The highest BCUT2D eigenvalue weighted by molar-refractivity contribution is 6.04. The van der Waals surface area contributed by atoms with Crippen LogP contribution >= 0.6 is 0 Å². The lowest BCUT2D eigenvalue weighted by Gasteiger charge is -2.14. The van der Waals surface area contributed by atoms with Gasteiger partial charge in [0.1, 0.15) is 0 Å². The van der Waals surface area contributed by atoms with Gasteiger partial charge in [0, 0.05) is 42.3 Å². The van der Waals surface area contributed by atoms with Gasteiger partial charge in [0.15, 0.2) is 0 Å². The Morgan fingerprint density at radius 1 is 1.00 bits per heavy atom. The molecule has 5 nitrogen and oxygen atoms in total. The van der Waals surface area contributed by atoms with Crippen LogP contribution in [0, 0.1) is 0 Å². The molecule has 1 N–H and O–H groups in total. The summed E-state index contributed by atoms with van der Waals surface area (Å²) in [5.74, 6) is 0.667. The van der Waals surface area contributed by atoms with Crippen LogP contribution in [-0.4, -0.2) is 29.0 Å². The number of nitrogens with zero attached hydrogens (tertiary/aromatic N) is 3. The van der Waals surface area contributed by atoms with Gasteiger partial charge in [-0.2, -0.15) is 0 Å². The van der Waals surface area contributed by atoms with Gasteiger partial charge in [-0.05, 0) is 61.1 Å². The molecule has 0 radical (unpaired) electrons. The Morgan fingerprint density at radius 2 is 1.73 bits per heavy atom. The molecule has 4 rings (SSSR count). The summed E-state index contributed by atoms with van der Waals surface area (Å²) in [4.78, 5) is 24.0. The number of nitrogens with one attached hydrogen (secondary N) is 1. The number of hydrogen-bond acceptors (Lipinski definition) is 4. The summed E-state index contributed by atoms with van der Waals surface area (Å²) in [5.41, 5.74) is 4.57. The monoisotopic (exact) mass is 400 g/mol. The zero-order valence-corrected chi connectivity index (χ0v) is 17.5. The number of amides is 1. The summed E-state index contributed by atoms with van der Waals surface area (Å²) >= 11 is 0. The predicted molar refractivity (Wildman–Crippen MR) is 122 cm³/mol. The molecule has 0 saturated carbocycles. The molecule has 0 spiro atoms. The van der Waals surface area contributed by atoms with E-state index >= 15 is 0 Å². The second-order valence-electron chi connectivity index (χ2n) is 7.80. The minimum atomic E-state index is -0.118. The van der Waals surface area contributed by atoms with Gasteiger partial charge >= 0.3 is 0 Å². The minimum absolute atomic E-state index is 0.118. The second kappa shape index (κ2) is 9.53. The molecule has 0 aliphatic carbocycles. The van der Waals surface area contributed by atoms with Crippen molar-refractivity contribution in [3.8, 4) is 11.1 Å². The van der Waals surface area contributed by atoms with Crippen molar-refractivity contribution in [3.63, 3.8) is 0 Å². The van der Waals surface area contributed by atoms with Crippen LogP contribution in [0.5, 0.6) is 0 Å². The maximum absolute atomic E-state index is 12.7. The fraction of sp³-hybridized carbons (Fsp3) is 0.320. The summed E-state index contributed by atoms with van der Waals surface area (Å²) in [6.45, 7) is 4.24. The zero-order chi connectivity index (χ0) is 20.8. The Bertz CT molecular complexity index is 977. The van der Waals surface area contributed by atoms with E-state index in [4.69, 9.17) is 0 Å². The second-order valence-corrected chi connectivity index (χ2v) is 7.80. The largest absolute Gasteiger partial charge is 0.341 e. The number of benzene rings is 2. The topological polar surface area (TPSA) is 58.1 Å². The van der Waals surface area contributed by atoms with Gasteiger partial charge in [0.2, 0.25) is 5.95 Å². The van der Waals surface area contributed by atoms with Crippen LogP contribution in [0.15, 0.2) is 60.9 Å².